The predicted molar refractivity (Wildman–Crippen MR) is 40.1 cm³/mol. The molecule has 12 heavy (non-hydrogen) atoms. The molecule has 0 spiro atoms. The predicted octanol–water partition coefficient (Wildman–Crippen LogP) is 0.710. The van der Waals surface area contributed by atoms with E-state index < -0.39 is 11.3 Å². The number of aliphatic hydroxyl groups is 1. The van der Waals surface area contributed by atoms with Gasteiger partial charge in [-0.05, 0) is 19.5 Å². The summed E-state index contributed by atoms with van der Waals surface area (Å²) in [7, 11) is 0. The van der Waals surface area contributed by atoms with Gasteiger partial charge in [0.1, 0.15) is 0 Å². The van der Waals surface area contributed by atoms with Crippen molar-refractivity contribution in [3.63, 3.8) is 0 Å². The maximum Gasteiger partial charge on any atom is 0.258 e. The van der Waals surface area contributed by atoms with E-state index in [1.165, 1.54) is 0 Å². The average Bonchev–Trinajstić information content (AvgIpc) is 2.46. The molecule has 0 unspecified atom stereocenters. The zero-order chi connectivity index (χ0) is 8.82. The average molecular weight is 177 g/mol. The summed E-state index contributed by atoms with van der Waals surface area (Å²) in [5, 5.41) is 8.85. The number of hydrogen-bond acceptors (Lipinski definition) is 2. The molecule has 1 aliphatic heterocycles. The van der Waals surface area contributed by atoms with Crippen molar-refractivity contribution in [3.8, 4) is 0 Å². The standard InChI is InChI=1S/C8H13F2NO/c9-8(10)4-7(8,6-12)5-11-2-1-3-11/h12H,1-6H2/t7-/m1/s1. The summed E-state index contributed by atoms with van der Waals surface area (Å²) in [6.07, 6.45) is 0.972. The Morgan fingerprint density at radius 2 is 1.92 bits per heavy atom. The first-order valence-electron chi connectivity index (χ1n) is 4.31. The normalized spacial score (nSPS) is 39.2. The molecular formula is C8H13F2NO. The van der Waals surface area contributed by atoms with Crippen LogP contribution in [0.5, 0.6) is 0 Å². The lowest BCUT2D eigenvalue weighted by molar-refractivity contribution is 0.00750. The van der Waals surface area contributed by atoms with Crippen molar-refractivity contribution in [1.82, 2.24) is 4.90 Å². The summed E-state index contributed by atoms with van der Waals surface area (Å²) in [5.41, 5.74) is -1.09. The van der Waals surface area contributed by atoms with Crippen LogP contribution in [-0.4, -0.2) is 42.2 Å². The second-order valence-corrected chi connectivity index (χ2v) is 3.95. The second kappa shape index (κ2) is 2.39. The number of hydrogen-bond donors (Lipinski definition) is 1. The maximum absolute atomic E-state index is 12.8. The number of rotatable bonds is 3. The van der Waals surface area contributed by atoms with Gasteiger partial charge in [0, 0.05) is 13.0 Å². The SMILES string of the molecule is OC[C@]1(CN2CCC2)CC1(F)F. The molecule has 1 aliphatic carbocycles. The Labute approximate surface area is 70.2 Å². The van der Waals surface area contributed by atoms with Crippen molar-refractivity contribution in [2.24, 2.45) is 5.41 Å². The monoisotopic (exact) mass is 177 g/mol. The minimum Gasteiger partial charge on any atom is -0.396 e. The van der Waals surface area contributed by atoms with Crippen molar-refractivity contribution < 1.29 is 13.9 Å². The Morgan fingerprint density at radius 1 is 1.33 bits per heavy atom. The first kappa shape index (κ1) is 8.38. The Bertz CT molecular complexity index is 193. The molecule has 0 bridgehead atoms. The lowest BCUT2D eigenvalue weighted by Crippen LogP contribution is -2.43. The second-order valence-electron chi connectivity index (χ2n) is 3.95. The van der Waals surface area contributed by atoms with E-state index in [4.69, 9.17) is 5.11 Å². The fourth-order valence-corrected chi connectivity index (χ4v) is 1.74. The maximum atomic E-state index is 12.8. The van der Waals surface area contributed by atoms with Crippen LogP contribution in [0.1, 0.15) is 12.8 Å². The summed E-state index contributed by atoms with van der Waals surface area (Å²) in [6, 6.07) is 0. The van der Waals surface area contributed by atoms with E-state index >= 15 is 0 Å². The third kappa shape index (κ3) is 1.05. The molecule has 0 aromatic heterocycles. The van der Waals surface area contributed by atoms with E-state index in [2.05, 4.69) is 0 Å². The molecule has 1 atom stereocenters. The van der Waals surface area contributed by atoms with Crippen LogP contribution in [0, 0.1) is 5.41 Å². The number of nitrogens with zero attached hydrogens (tertiary/aromatic N) is 1. The van der Waals surface area contributed by atoms with Crippen LogP contribution in [-0.2, 0) is 0 Å². The fourth-order valence-electron chi connectivity index (χ4n) is 1.74. The summed E-state index contributed by atoms with van der Waals surface area (Å²) in [5.74, 6) is -2.61. The van der Waals surface area contributed by atoms with Crippen molar-refractivity contribution in [3.05, 3.63) is 0 Å². The van der Waals surface area contributed by atoms with E-state index in [-0.39, 0.29) is 13.0 Å². The third-order valence-electron chi connectivity index (χ3n) is 2.99. The molecule has 0 radical (unpaired) electrons. The van der Waals surface area contributed by atoms with Crippen molar-refractivity contribution in [2.75, 3.05) is 26.2 Å². The third-order valence-corrected chi connectivity index (χ3v) is 2.99. The molecule has 2 fully saturated rings. The van der Waals surface area contributed by atoms with Gasteiger partial charge in [0.25, 0.3) is 5.92 Å². The van der Waals surface area contributed by atoms with Gasteiger partial charge in [0.2, 0.25) is 0 Å². The molecule has 1 heterocycles. The van der Waals surface area contributed by atoms with E-state index in [1.807, 2.05) is 4.90 Å². The number of halogens is 2. The van der Waals surface area contributed by atoms with Gasteiger partial charge in [0.15, 0.2) is 0 Å². The number of likely N-dealkylation sites (tertiary alicyclic amines) is 1. The lowest BCUT2D eigenvalue weighted by atomic mass is 10.0. The molecule has 0 aromatic carbocycles. The molecule has 2 nitrogen and oxygen atoms in total. The van der Waals surface area contributed by atoms with Crippen LogP contribution in [0.25, 0.3) is 0 Å². The highest BCUT2D eigenvalue weighted by Crippen LogP contribution is 2.60. The Balaban J connectivity index is 1.92. The molecule has 4 heteroatoms. The molecular weight excluding hydrogens is 164 g/mol. The van der Waals surface area contributed by atoms with Crippen molar-refractivity contribution >= 4 is 0 Å². The largest absolute Gasteiger partial charge is 0.396 e. The van der Waals surface area contributed by atoms with Gasteiger partial charge >= 0.3 is 0 Å². The van der Waals surface area contributed by atoms with Crippen LogP contribution in [0.4, 0.5) is 8.78 Å². The van der Waals surface area contributed by atoms with Crippen molar-refractivity contribution in [1.29, 1.82) is 0 Å². The molecule has 0 amide bonds. The van der Waals surface area contributed by atoms with Gasteiger partial charge in [-0.3, -0.25) is 0 Å². The van der Waals surface area contributed by atoms with Gasteiger partial charge in [-0.15, -0.1) is 0 Å². The van der Waals surface area contributed by atoms with Crippen molar-refractivity contribution in [2.45, 2.75) is 18.8 Å². The van der Waals surface area contributed by atoms with Gasteiger partial charge in [-0.1, -0.05) is 0 Å². The Kier molecular flexibility index (Phi) is 1.67. The zero-order valence-corrected chi connectivity index (χ0v) is 6.89. The van der Waals surface area contributed by atoms with E-state index in [0.29, 0.717) is 6.54 Å². The van der Waals surface area contributed by atoms with Gasteiger partial charge < -0.3 is 10.0 Å². The molecule has 2 aliphatic rings. The highest BCUT2D eigenvalue weighted by Gasteiger charge is 2.71. The van der Waals surface area contributed by atoms with Crippen LogP contribution in [0.2, 0.25) is 0 Å². The molecule has 70 valence electrons. The van der Waals surface area contributed by atoms with Crippen LogP contribution in [0.3, 0.4) is 0 Å². The number of aliphatic hydroxyl groups excluding tert-OH is 1. The van der Waals surface area contributed by atoms with Gasteiger partial charge in [-0.2, -0.15) is 0 Å². The minimum absolute atomic E-state index is 0.132. The van der Waals surface area contributed by atoms with Crippen LogP contribution < -0.4 is 0 Å². The molecule has 0 aromatic rings. The first-order valence-corrected chi connectivity index (χ1v) is 4.31. The quantitative estimate of drug-likeness (QED) is 0.686. The summed E-state index contributed by atoms with van der Waals surface area (Å²) in [4.78, 5) is 1.98. The summed E-state index contributed by atoms with van der Waals surface area (Å²) < 4.78 is 25.6. The van der Waals surface area contributed by atoms with E-state index in [1.54, 1.807) is 0 Å². The van der Waals surface area contributed by atoms with Gasteiger partial charge in [0.05, 0.1) is 12.0 Å². The Hall–Kier alpha value is -0.220. The smallest absolute Gasteiger partial charge is 0.258 e. The molecule has 1 saturated heterocycles. The van der Waals surface area contributed by atoms with E-state index in [9.17, 15) is 8.78 Å². The molecule has 2 rings (SSSR count). The van der Waals surface area contributed by atoms with E-state index in [0.717, 1.165) is 19.5 Å². The molecule has 1 saturated carbocycles. The topological polar surface area (TPSA) is 23.5 Å². The highest BCUT2D eigenvalue weighted by atomic mass is 19.3. The minimum atomic E-state index is -2.61. The Morgan fingerprint density at radius 3 is 2.17 bits per heavy atom. The van der Waals surface area contributed by atoms with Gasteiger partial charge in [-0.25, -0.2) is 8.78 Å². The van der Waals surface area contributed by atoms with Crippen LogP contribution in [0.15, 0.2) is 0 Å². The summed E-state index contributed by atoms with van der Waals surface area (Å²) >= 11 is 0. The summed E-state index contributed by atoms with van der Waals surface area (Å²) in [6.45, 7) is 1.82. The number of alkyl halides is 2. The molecule has 1 N–H and O–H groups in total. The highest BCUT2D eigenvalue weighted by molar-refractivity contribution is 5.11. The fraction of sp³-hybridized carbons (Fsp3) is 1.00. The zero-order valence-electron chi connectivity index (χ0n) is 6.89. The van der Waals surface area contributed by atoms with Crippen LogP contribution >= 0.6 is 0 Å². The first-order chi connectivity index (χ1) is 5.60. The lowest BCUT2D eigenvalue weighted by Gasteiger charge is -2.33.